The number of hydrogen-bond acceptors (Lipinski definition) is 1. The molecule has 2 heteroatoms. The Kier molecular flexibility index (Phi) is 12.4. The highest BCUT2D eigenvalue weighted by Crippen LogP contribution is 2.10. The highest BCUT2D eigenvalue weighted by Gasteiger charge is 1.93. The first-order chi connectivity index (χ1) is 10.1. The molecule has 0 fully saturated rings. The lowest BCUT2D eigenvalue weighted by molar-refractivity contribution is -0.132. The highest BCUT2D eigenvalue weighted by atomic mass is 16.4. The highest BCUT2D eigenvalue weighted by molar-refractivity contribution is 5.84. The second-order valence-corrected chi connectivity index (χ2v) is 5.44. The lowest BCUT2D eigenvalue weighted by Crippen LogP contribution is -1.92. The molecule has 0 aliphatic carbocycles. The molecule has 1 N–H and O–H groups in total. The van der Waals surface area contributed by atoms with Gasteiger partial charge in [0.1, 0.15) is 0 Å². The minimum atomic E-state index is -0.935. The van der Waals surface area contributed by atoms with Crippen LogP contribution in [0.25, 0.3) is 0 Å². The topological polar surface area (TPSA) is 37.3 Å². The lowest BCUT2D eigenvalue weighted by Gasteiger charge is -2.01. The molecule has 1 rings (SSSR count). The molecule has 0 bridgehead atoms. The molecule has 1 aromatic carbocycles. The van der Waals surface area contributed by atoms with Gasteiger partial charge in [0.25, 0.3) is 0 Å². The molecule has 0 saturated heterocycles. The Balaban J connectivity index is 0.000000567. The van der Waals surface area contributed by atoms with Crippen LogP contribution >= 0.6 is 0 Å². The molecule has 0 heterocycles. The van der Waals surface area contributed by atoms with Crippen molar-refractivity contribution in [1.29, 1.82) is 0 Å². The van der Waals surface area contributed by atoms with Gasteiger partial charge in [-0.3, -0.25) is 0 Å². The molecule has 118 valence electrons. The first-order valence-electron chi connectivity index (χ1n) is 8.00. The van der Waals surface area contributed by atoms with Crippen LogP contribution in [0.4, 0.5) is 0 Å². The Bertz CT molecular complexity index is 370. The number of rotatable bonds is 9. The van der Waals surface area contributed by atoms with E-state index < -0.39 is 5.97 Å². The van der Waals surface area contributed by atoms with Crippen LogP contribution in [0.2, 0.25) is 0 Å². The Morgan fingerprint density at radius 1 is 1.00 bits per heavy atom. The predicted octanol–water partition coefficient (Wildman–Crippen LogP) is 5.63. The Morgan fingerprint density at radius 2 is 1.48 bits per heavy atom. The second-order valence-electron chi connectivity index (χ2n) is 5.44. The minimum Gasteiger partial charge on any atom is -0.478 e. The van der Waals surface area contributed by atoms with Gasteiger partial charge in [-0.15, -0.1) is 0 Å². The van der Waals surface area contributed by atoms with Crippen molar-refractivity contribution in [2.75, 3.05) is 0 Å². The van der Waals surface area contributed by atoms with E-state index in [1.807, 2.05) is 0 Å². The predicted molar refractivity (Wildman–Crippen MR) is 90.6 cm³/mol. The summed E-state index contributed by atoms with van der Waals surface area (Å²) in [5, 5.41) is 7.89. The van der Waals surface area contributed by atoms with Gasteiger partial charge in [-0.05, 0) is 25.3 Å². The van der Waals surface area contributed by atoms with Gasteiger partial charge in [0, 0.05) is 5.57 Å². The van der Waals surface area contributed by atoms with Crippen molar-refractivity contribution in [2.45, 2.75) is 65.2 Å². The SMILES string of the molecule is C=C(C)C(=O)O.CCCCCCCCCc1ccccc1. The van der Waals surface area contributed by atoms with E-state index in [0.717, 1.165) is 0 Å². The van der Waals surface area contributed by atoms with Crippen molar-refractivity contribution in [2.24, 2.45) is 0 Å². The summed E-state index contributed by atoms with van der Waals surface area (Å²) in [6.07, 6.45) is 11.1. The number of unbranched alkanes of at least 4 members (excludes halogenated alkanes) is 6. The van der Waals surface area contributed by atoms with Crippen molar-refractivity contribution in [3.63, 3.8) is 0 Å². The largest absolute Gasteiger partial charge is 0.478 e. The Morgan fingerprint density at radius 3 is 1.95 bits per heavy atom. The molecule has 0 aliphatic heterocycles. The Labute approximate surface area is 129 Å². The van der Waals surface area contributed by atoms with Crippen LogP contribution in [0.5, 0.6) is 0 Å². The van der Waals surface area contributed by atoms with Crippen LogP contribution in [0.1, 0.15) is 64.4 Å². The summed E-state index contributed by atoms with van der Waals surface area (Å²) in [6, 6.07) is 10.8. The lowest BCUT2D eigenvalue weighted by atomic mass is 10.0. The fraction of sp³-hybridized carbons (Fsp3) is 0.526. The smallest absolute Gasteiger partial charge is 0.330 e. The molecule has 0 aromatic heterocycles. The molecule has 0 radical (unpaired) electrons. The molecular weight excluding hydrogens is 260 g/mol. The average Bonchev–Trinajstić information content (AvgIpc) is 2.48. The van der Waals surface area contributed by atoms with Crippen LogP contribution in [-0.4, -0.2) is 11.1 Å². The molecule has 2 nitrogen and oxygen atoms in total. The number of carboxylic acids is 1. The van der Waals surface area contributed by atoms with Gasteiger partial charge in [0.05, 0.1) is 0 Å². The molecule has 21 heavy (non-hydrogen) atoms. The monoisotopic (exact) mass is 290 g/mol. The van der Waals surface area contributed by atoms with E-state index in [9.17, 15) is 4.79 Å². The zero-order valence-electron chi connectivity index (χ0n) is 13.6. The van der Waals surface area contributed by atoms with Crippen LogP contribution in [0.15, 0.2) is 42.5 Å². The summed E-state index contributed by atoms with van der Waals surface area (Å²) in [5.41, 5.74) is 1.67. The van der Waals surface area contributed by atoms with E-state index in [1.54, 1.807) is 0 Å². The summed E-state index contributed by atoms with van der Waals surface area (Å²) in [4.78, 5) is 9.60. The molecule has 0 saturated carbocycles. The number of carboxylic acid groups (broad SMARTS) is 1. The standard InChI is InChI=1S/C15H24.C4H6O2/c1-2-3-4-5-6-7-9-12-15-13-10-8-11-14-15;1-3(2)4(5)6/h8,10-11,13-14H,2-7,9,12H2,1H3;1H2,2H3,(H,5,6). The van der Waals surface area contributed by atoms with E-state index in [0.29, 0.717) is 0 Å². The average molecular weight is 290 g/mol. The summed E-state index contributed by atoms with van der Waals surface area (Å²) in [6.45, 7) is 6.88. The van der Waals surface area contributed by atoms with Gasteiger partial charge < -0.3 is 5.11 Å². The van der Waals surface area contributed by atoms with Crippen molar-refractivity contribution in [3.05, 3.63) is 48.0 Å². The van der Waals surface area contributed by atoms with Crippen molar-refractivity contribution < 1.29 is 9.90 Å². The molecule has 0 unspecified atom stereocenters. The number of aryl methyl sites for hydroxylation is 1. The zero-order chi connectivity index (χ0) is 15.9. The van der Waals surface area contributed by atoms with Gasteiger partial charge >= 0.3 is 5.97 Å². The van der Waals surface area contributed by atoms with Gasteiger partial charge in [-0.1, -0.05) is 82.4 Å². The maximum absolute atomic E-state index is 9.60. The van der Waals surface area contributed by atoms with E-state index in [2.05, 4.69) is 43.8 Å². The fourth-order valence-electron chi connectivity index (χ4n) is 1.93. The third kappa shape index (κ3) is 13.2. The molecule has 0 spiro atoms. The van der Waals surface area contributed by atoms with E-state index in [-0.39, 0.29) is 5.57 Å². The van der Waals surface area contributed by atoms with Gasteiger partial charge in [-0.2, -0.15) is 0 Å². The molecule has 1 aromatic rings. The van der Waals surface area contributed by atoms with E-state index in [1.165, 1.54) is 63.9 Å². The maximum Gasteiger partial charge on any atom is 0.330 e. The first kappa shape index (κ1) is 19.4. The van der Waals surface area contributed by atoms with E-state index >= 15 is 0 Å². The van der Waals surface area contributed by atoms with Crippen LogP contribution in [0.3, 0.4) is 0 Å². The summed E-state index contributed by atoms with van der Waals surface area (Å²) < 4.78 is 0. The van der Waals surface area contributed by atoms with Crippen LogP contribution < -0.4 is 0 Å². The first-order valence-corrected chi connectivity index (χ1v) is 8.00. The minimum absolute atomic E-state index is 0.176. The molecule has 0 amide bonds. The van der Waals surface area contributed by atoms with Crippen molar-refractivity contribution in [1.82, 2.24) is 0 Å². The number of benzene rings is 1. The molecular formula is C19H30O2. The summed E-state index contributed by atoms with van der Waals surface area (Å²) in [5.74, 6) is -0.935. The van der Waals surface area contributed by atoms with Crippen molar-refractivity contribution in [3.8, 4) is 0 Å². The fourth-order valence-corrected chi connectivity index (χ4v) is 1.93. The molecule has 0 aliphatic rings. The Hall–Kier alpha value is -1.57. The normalized spacial score (nSPS) is 9.62. The van der Waals surface area contributed by atoms with Crippen molar-refractivity contribution >= 4 is 5.97 Å². The third-order valence-electron chi connectivity index (χ3n) is 3.28. The zero-order valence-corrected chi connectivity index (χ0v) is 13.6. The molecule has 0 atom stereocenters. The number of hydrogen-bond donors (Lipinski definition) is 1. The van der Waals surface area contributed by atoms with Crippen LogP contribution in [0, 0.1) is 0 Å². The van der Waals surface area contributed by atoms with Crippen LogP contribution in [-0.2, 0) is 11.2 Å². The summed E-state index contributed by atoms with van der Waals surface area (Å²) in [7, 11) is 0. The summed E-state index contributed by atoms with van der Waals surface area (Å²) >= 11 is 0. The van der Waals surface area contributed by atoms with Gasteiger partial charge in [0.15, 0.2) is 0 Å². The quantitative estimate of drug-likeness (QED) is 0.473. The van der Waals surface area contributed by atoms with E-state index in [4.69, 9.17) is 5.11 Å². The maximum atomic E-state index is 9.60. The van der Waals surface area contributed by atoms with Gasteiger partial charge in [0.2, 0.25) is 0 Å². The number of carbonyl (C=O) groups is 1. The second kappa shape index (κ2) is 13.4. The third-order valence-corrected chi connectivity index (χ3v) is 3.28. The van der Waals surface area contributed by atoms with Gasteiger partial charge in [-0.25, -0.2) is 4.79 Å². The number of aliphatic carboxylic acids is 1.